The van der Waals surface area contributed by atoms with Crippen molar-refractivity contribution < 1.29 is 4.74 Å². The second kappa shape index (κ2) is 7.49. The van der Waals surface area contributed by atoms with Crippen LogP contribution in [0.1, 0.15) is 58.8 Å². The van der Waals surface area contributed by atoms with E-state index in [0.29, 0.717) is 23.6 Å². The van der Waals surface area contributed by atoms with Crippen molar-refractivity contribution in [2.24, 2.45) is 10.4 Å². The molecule has 3 aliphatic carbocycles. The maximum Gasteiger partial charge on any atom is 0.191 e. The van der Waals surface area contributed by atoms with Crippen LogP contribution >= 0.6 is 24.0 Å². The van der Waals surface area contributed by atoms with Crippen LogP contribution in [0.2, 0.25) is 0 Å². The Morgan fingerprint density at radius 2 is 1.90 bits per heavy atom. The topological polar surface area (TPSA) is 45.7 Å². The minimum atomic E-state index is 0. The van der Waals surface area contributed by atoms with E-state index in [-0.39, 0.29) is 24.0 Å². The van der Waals surface area contributed by atoms with Crippen molar-refractivity contribution in [1.29, 1.82) is 0 Å². The van der Waals surface area contributed by atoms with Gasteiger partial charge in [-0.15, -0.1) is 24.0 Å². The summed E-state index contributed by atoms with van der Waals surface area (Å²) in [5.74, 6) is 1.03. The van der Waals surface area contributed by atoms with E-state index in [9.17, 15) is 0 Å². The van der Waals surface area contributed by atoms with Crippen molar-refractivity contribution in [1.82, 2.24) is 10.6 Å². The second-order valence-electron chi connectivity index (χ2n) is 6.56. The molecule has 3 aliphatic rings. The molecule has 0 radical (unpaired) electrons. The second-order valence-corrected chi connectivity index (χ2v) is 6.56. The largest absolute Gasteiger partial charge is 0.378 e. The molecule has 0 aromatic carbocycles. The van der Waals surface area contributed by atoms with Crippen LogP contribution in [-0.4, -0.2) is 37.3 Å². The van der Waals surface area contributed by atoms with Gasteiger partial charge in [0.05, 0.1) is 6.10 Å². The van der Waals surface area contributed by atoms with E-state index in [1.165, 1.54) is 38.5 Å². The van der Waals surface area contributed by atoms with Crippen molar-refractivity contribution in [3.8, 4) is 0 Å². The minimum absolute atomic E-state index is 0. The maximum absolute atomic E-state index is 5.98. The zero-order valence-corrected chi connectivity index (χ0v) is 15.7. The summed E-state index contributed by atoms with van der Waals surface area (Å²) in [6.45, 7) is 5.90. The molecule has 3 rings (SSSR count). The molecule has 21 heavy (non-hydrogen) atoms. The summed E-state index contributed by atoms with van der Waals surface area (Å²) in [5.41, 5.74) is 0.385. The van der Waals surface area contributed by atoms with Crippen LogP contribution in [0.3, 0.4) is 0 Å². The Balaban J connectivity index is 0.00000161. The van der Waals surface area contributed by atoms with E-state index in [2.05, 4.69) is 29.5 Å². The van der Waals surface area contributed by atoms with Crippen LogP contribution in [0.25, 0.3) is 0 Å². The lowest BCUT2D eigenvalue weighted by molar-refractivity contribution is -0.125. The van der Waals surface area contributed by atoms with Crippen LogP contribution < -0.4 is 10.6 Å². The van der Waals surface area contributed by atoms with Gasteiger partial charge in [0, 0.05) is 30.7 Å². The molecule has 1 spiro atoms. The third-order valence-corrected chi connectivity index (χ3v) is 5.23. The van der Waals surface area contributed by atoms with E-state index >= 15 is 0 Å². The van der Waals surface area contributed by atoms with Crippen molar-refractivity contribution >= 4 is 29.9 Å². The molecule has 0 aliphatic heterocycles. The SMILES string of the molecule is CCN=C(NC1CC1)NC1CC(OCC)C12CCCC2.I. The first-order chi connectivity index (χ1) is 9.78. The molecule has 5 heteroatoms. The highest BCUT2D eigenvalue weighted by Crippen LogP contribution is 2.54. The molecule has 0 heterocycles. The van der Waals surface area contributed by atoms with Crippen LogP contribution in [-0.2, 0) is 4.74 Å². The van der Waals surface area contributed by atoms with Gasteiger partial charge < -0.3 is 15.4 Å². The number of guanidine groups is 1. The number of aliphatic imine (C=N–C) groups is 1. The molecule has 2 unspecified atom stereocenters. The molecule has 0 aromatic heterocycles. The third-order valence-electron chi connectivity index (χ3n) is 5.23. The molecule has 122 valence electrons. The van der Waals surface area contributed by atoms with Gasteiger partial charge in [0.15, 0.2) is 5.96 Å². The van der Waals surface area contributed by atoms with Gasteiger partial charge >= 0.3 is 0 Å². The molecule has 3 saturated carbocycles. The van der Waals surface area contributed by atoms with Crippen molar-refractivity contribution in [3.63, 3.8) is 0 Å². The molecule has 0 bridgehead atoms. The van der Waals surface area contributed by atoms with Crippen LogP contribution in [0.5, 0.6) is 0 Å². The summed E-state index contributed by atoms with van der Waals surface area (Å²) >= 11 is 0. The number of rotatable bonds is 5. The predicted molar refractivity (Wildman–Crippen MR) is 97.4 cm³/mol. The first-order valence-corrected chi connectivity index (χ1v) is 8.47. The summed E-state index contributed by atoms with van der Waals surface area (Å²) in [4.78, 5) is 4.61. The highest BCUT2D eigenvalue weighted by molar-refractivity contribution is 14.0. The number of ether oxygens (including phenoxy) is 1. The Morgan fingerprint density at radius 3 is 2.48 bits per heavy atom. The lowest BCUT2D eigenvalue weighted by atomic mass is 9.60. The maximum atomic E-state index is 5.98. The van der Waals surface area contributed by atoms with Gasteiger partial charge in [0.1, 0.15) is 0 Å². The minimum Gasteiger partial charge on any atom is -0.378 e. The van der Waals surface area contributed by atoms with E-state index in [0.717, 1.165) is 25.5 Å². The molecule has 0 saturated heterocycles. The zero-order chi connectivity index (χ0) is 14.0. The monoisotopic (exact) mass is 407 g/mol. The average molecular weight is 407 g/mol. The Morgan fingerprint density at radius 1 is 1.19 bits per heavy atom. The van der Waals surface area contributed by atoms with Crippen molar-refractivity contribution in [2.45, 2.75) is 77.0 Å². The van der Waals surface area contributed by atoms with E-state index in [1.54, 1.807) is 0 Å². The first kappa shape index (κ1) is 17.3. The lowest BCUT2D eigenvalue weighted by Gasteiger charge is -2.54. The molecule has 3 fully saturated rings. The molecular formula is C16H30IN3O. The fraction of sp³-hybridized carbons (Fsp3) is 0.938. The van der Waals surface area contributed by atoms with Gasteiger partial charge in [0.25, 0.3) is 0 Å². The van der Waals surface area contributed by atoms with Gasteiger partial charge in [-0.1, -0.05) is 12.8 Å². The van der Waals surface area contributed by atoms with Gasteiger partial charge in [-0.3, -0.25) is 4.99 Å². The quantitative estimate of drug-likeness (QED) is 0.418. The van der Waals surface area contributed by atoms with Crippen LogP contribution in [0.15, 0.2) is 4.99 Å². The highest BCUT2D eigenvalue weighted by Gasteiger charge is 2.57. The zero-order valence-electron chi connectivity index (χ0n) is 13.4. The fourth-order valence-electron chi connectivity index (χ4n) is 3.97. The fourth-order valence-corrected chi connectivity index (χ4v) is 3.97. The predicted octanol–water partition coefficient (Wildman–Crippen LogP) is 3.06. The Hall–Kier alpha value is -0.0400. The van der Waals surface area contributed by atoms with Crippen LogP contribution in [0, 0.1) is 5.41 Å². The number of nitrogens with zero attached hydrogens (tertiary/aromatic N) is 1. The van der Waals surface area contributed by atoms with Gasteiger partial charge in [-0.05, 0) is 46.0 Å². The molecule has 0 amide bonds. The lowest BCUT2D eigenvalue weighted by Crippen LogP contribution is -2.65. The average Bonchev–Trinajstić information content (AvgIpc) is 3.08. The third kappa shape index (κ3) is 3.66. The number of hydrogen-bond acceptors (Lipinski definition) is 2. The van der Waals surface area contributed by atoms with Gasteiger partial charge in [-0.25, -0.2) is 0 Å². The normalized spacial score (nSPS) is 30.7. The summed E-state index contributed by atoms with van der Waals surface area (Å²) in [5, 5.41) is 7.25. The molecule has 0 aromatic rings. The van der Waals surface area contributed by atoms with Crippen molar-refractivity contribution in [2.75, 3.05) is 13.2 Å². The van der Waals surface area contributed by atoms with Gasteiger partial charge in [0.2, 0.25) is 0 Å². The summed E-state index contributed by atoms with van der Waals surface area (Å²) in [7, 11) is 0. The number of nitrogens with one attached hydrogen (secondary N) is 2. The van der Waals surface area contributed by atoms with Gasteiger partial charge in [-0.2, -0.15) is 0 Å². The first-order valence-electron chi connectivity index (χ1n) is 8.47. The number of hydrogen-bond donors (Lipinski definition) is 2. The molecule has 2 N–H and O–H groups in total. The van der Waals surface area contributed by atoms with E-state index < -0.39 is 0 Å². The highest BCUT2D eigenvalue weighted by atomic mass is 127. The summed E-state index contributed by atoms with van der Waals surface area (Å²) in [6.07, 6.45) is 9.55. The van der Waals surface area contributed by atoms with Crippen molar-refractivity contribution in [3.05, 3.63) is 0 Å². The van der Waals surface area contributed by atoms with E-state index in [1.807, 2.05) is 0 Å². The van der Waals surface area contributed by atoms with E-state index in [4.69, 9.17) is 4.74 Å². The smallest absolute Gasteiger partial charge is 0.191 e. The number of halogens is 1. The summed E-state index contributed by atoms with van der Waals surface area (Å²) in [6, 6.07) is 1.22. The van der Waals surface area contributed by atoms with Crippen LogP contribution in [0.4, 0.5) is 0 Å². The Labute approximate surface area is 145 Å². The summed E-state index contributed by atoms with van der Waals surface area (Å²) < 4.78 is 5.98. The molecule has 4 nitrogen and oxygen atoms in total. The Bertz CT molecular complexity index is 365. The Kier molecular flexibility index (Phi) is 6.17. The molecule has 2 atom stereocenters. The standard InChI is InChI=1S/C16H29N3O.HI/c1-3-17-15(18-12-7-8-12)19-13-11-14(20-4-2)16(13)9-5-6-10-16;/h12-14H,3-11H2,1-2H3,(H2,17,18,19);1H. The molecular weight excluding hydrogens is 377 g/mol.